The van der Waals surface area contributed by atoms with Crippen LogP contribution >= 0.6 is 11.3 Å². The van der Waals surface area contributed by atoms with Gasteiger partial charge in [0.25, 0.3) is 0 Å². The predicted molar refractivity (Wildman–Crippen MR) is 82.4 cm³/mol. The molecule has 20 heavy (non-hydrogen) atoms. The van der Waals surface area contributed by atoms with E-state index in [0.717, 1.165) is 34.1 Å². The number of nitrogens with one attached hydrogen (secondary N) is 1. The van der Waals surface area contributed by atoms with Crippen molar-refractivity contribution in [3.63, 3.8) is 0 Å². The van der Waals surface area contributed by atoms with E-state index in [1.807, 2.05) is 25.1 Å². The number of hydrogen-bond donors (Lipinski definition) is 2. The van der Waals surface area contributed by atoms with Gasteiger partial charge in [-0.3, -0.25) is 5.43 Å². The van der Waals surface area contributed by atoms with Crippen molar-refractivity contribution in [2.24, 2.45) is 5.84 Å². The molecule has 0 aliphatic heterocycles. The fourth-order valence-electron chi connectivity index (χ4n) is 1.94. The van der Waals surface area contributed by atoms with Crippen LogP contribution in [-0.2, 0) is 0 Å². The van der Waals surface area contributed by atoms with E-state index in [4.69, 9.17) is 15.3 Å². The molecular weight excluding hydrogens is 274 g/mol. The third kappa shape index (κ3) is 2.86. The van der Waals surface area contributed by atoms with Gasteiger partial charge in [0.15, 0.2) is 16.6 Å². The Morgan fingerprint density at radius 2 is 2.20 bits per heavy atom. The lowest BCUT2D eigenvalue weighted by Gasteiger charge is -2.13. The first-order valence-electron chi connectivity index (χ1n) is 6.45. The van der Waals surface area contributed by atoms with Gasteiger partial charge in [0.05, 0.1) is 24.3 Å². The molecule has 2 rings (SSSR count). The van der Waals surface area contributed by atoms with Crippen LogP contribution in [-0.4, -0.2) is 18.7 Å². The number of rotatable bonds is 6. The molecule has 1 heterocycles. The van der Waals surface area contributed by atoms with Crippen molar-refractivity contribution < 1.29 is 9.47 Å². The molecule has 108 valence electrons. The van der Waals surface area contributed by atoms with Crippen molar-refractivity contribution in [1.82, 2.24) is 4.98 Å². The molecule has 0 saturated carbocycles. The number of nitrogens with zero attached hydrogens (tertiary/aromatic N) is 1. The van der Waals surface area contributed by atoms with Crippen molar-refractivity contribution in [3.05, 3.63) is 23.9 Å². The summed E-state index contributed by atoms with van der Waals surface area (Å²) < 4.78 is 11.3. The molecule has 5 nitrogen and oxygen atoms in total. The maximum atomic E-state index is 5.73. The van der Waals surface area contributed by atoms with Crippen molar-refractivity contribution in [2.75, 3.05) is 19.1 Å². The summed E-state index contributed by atoms with van der Waals surface area (Å²) in [6, 6.07) is 5.87. The van der Waals surface area contributed by atoms with Gasteiger partial charge in [0.1, 0.15) is 0 Å². The van der Waals surface area contributed by atoms with Crippen LogP contribution in [0.5, 0.6) is 11.5 Å². The van der Waals surface area contributed by atoms with Gasteiger partial charge < -0.3 is 9.47 Å². The van der Waals surface area contributed by atoms with Crippen LogP contribution in [0.25, 0.3) is 10.4 Å². The van der Waals surface area contributed by atoms with Crippen LogP contribution in [0.15, 0.2) is 18.2 Å². The zero-order chi connectivity index (χ0) is 14.5. The van der Waals surface area contributed by atoms with Gasteiger partial charge >= 0.3 is 0 Å². The Labute approximate surface area is 122 Å². The molecule has 0 fully saturated rings. The van der Waals surface area contributed by atoms with E-state index in [2.05, 4.69) is 17.3 Å². The zero-order valence-electron chi connectivity index (χ0n) is 11.9. The molecule has 3 N–H and O–H groups in total. The number of methoxy groups -OCH3 is 1. The maximum absolute atomic E-state index is 5.73. The lowest BCUT2D eigenvalue weighted by molar-refractivity contribution is 0.295. The largest absolute Gasteiger partial charge is 0.492 e. The number of para-hydroxylation sites is 1. The Balaban J connectivity index is 2.47. The first-order chi connectivity index (χ1) is 9.71. The average molecular weight is 293 g/mol. The van der Waals surface area contributed by atoms with E-state index >= 15 is 0 Å². The van der Waals surface area contributed by atoms with Crippen molar-refractivity contribution in [2.45, 2.75) is 20.3 Å². The SMILES string of the molecule is CCCOc1cccc(-c2sc(NN)nc2C)c1OC. The second-order valence-electron chi connectivity index (χ2n) is 4.26. The van der Waals surface area contributed by atoms with Crippen molar-refractivity contribution in [3.8, 4) is 21.9 Å². The first-order valence-corrected chi connectivity index (χ1v) is 7.27. The third-order valence-corrected chi connectivity index (χ3v) is 3.93. The van der Waals surface area contributed by atoms with Gasteiger partial charge in [0, 0.05) is 5.56 Å². The van der Waals surface area contributed by atoms with Gasteiger partial charge in [-0.15, -0.1) is 0 Å². The highest BCUT2D eigenvalue weighted by Crippen LogP contribution is 2.42. The molecule has 2 aromatic rings. The molecule has 0 unspecified atom stereocenters. The number of aryl methyl sites for hydroxylation is 1. The van der Waals surface area contributed by atoms with Crippen LogP contribution in [0.4, 0.5) is 5.13 Å². The lowest BCUT2D eigenvalue weighted by atomic mass is 10.1. The van der Waals surface area contributed by atoms with Gasteiger partial charge in [-0.05, 0) is 25.5 Å². The highest BCUT2D eigenvalue weighted by molar-refractivity contribution is 7.19. The normalized spacial score (nSPS) is 10.4. The Kier molecular flexibility index (Phi) is 4.81. The molecule has 0 aliphatic carbocycles. The lowest BCUT2D eigenvalue weighted by Crippen LogP contribution is -2.05. The van der Waals surface area contributed by atoms with Crippen LogP contribution in [0.1, 0.15) is 19.0 Å². The Morgan fingerprint density at radius 1 is 1.40 bits per heavy atom. The first kappa shape index (κ1) is 14.6. The fraction of sp³-hybridized carbons (Fsp3) is 0.357. The summed E-state index contributed by atoms with van der Waals surface area (Å²) in [6.45, 7) is 4.69. The van der Waals surface area contributed by atoms with E-state index in [1.165, 1.54) is 11.3 Å². The molecule has 0 aliphatic rings. The number of benzene rings is 1. The molecule has 0 spiro atoms. The topological polar surface area (TPSA) is 69.4 Å². The molecule has 0 saturated heterocycles. The highest BCUT2D eigenvalue weighted by atomic mass is 32.1. The number of aromatic nitrogens is 1. The molecule has 0 radical (unpaired) electrons. The second-order valence-corrected chi connectivity index (χ2v) is 5.26. The van der Waals surface area contributed by atoms with E-state index in [9.17, 15) is 0 Å². The number of thiazole rings is 1. The monoisotopic (exact) mass is 293 g/mol. The quantitative estimate of drug-likeness (QED) is 0.632. The smallest absolute Gasteiger partial charge is 0.197 e. The summed E-state index contributed by atoms with van der Waals surface area (Å²) in [7, 11) is 1.65. The Hall–Kier alpha value is -1.79. The minimum atomic E-state index is 0.664. The Morgan fingerprint density at radius 3 is 2.80 bits per heavy atom. The number of nitrogens with two attached hydrogens (primary N) is 1. The third-order valence-electron chi connectivity index (χ3n) is 2.81. The molecule has 1 aromatic heterocycles. The summed E-state index contributed by atoms with van der Waals surface area (Å²) in [4.78, 5) is 5.38. The molecule has 0 atom stereocenters. The predicted octanol–water partition coefficient (Wildman–Crippen LogP) is 3.20. The standard InChI is InChI=1S/C14H19N3O2S/c1-4-8-19-11-7-5-6-10(12(11)18-3)13-9(2)16-14(17-15)20-13/h5-7H,4,8,15H2,1-3H3,(H,16,17). The minimum absolute atomic E-state index is 0.664. The number of hydrazine groups is 1. The molecular formula is C14H19N3O2S. The average Bonchev–Trinajstić information content (AvgIpc) is 2.85. The van der Waals surface area contributed by atoms with Crippen LogP contribution in [0, 0.1) is 6.92 Å². The van der Waals surface area contributed by atoms with Crippen LogP contribution in [0.3, 0.4) is 0 Å². The van der Waals surface area contributed by atoms with Gasteiger partial charge in [0.2, 0.25) is 0 Å². The van der Waals surface area contributed by atoms with E-state index in [1.54, 1.807) is 7.11 Å². The molecule has 0 bridgehead atoms. The summed E-state index contributed by atoms with van der Waals surface area (Å²) in [6.07, 6.45) is 0.953. The molecule has 0 amide bonds. The summed E-state index contributed by atoms with van der Waals surface area (Å²) in [5.74, 6) is 6.90. The minimum Gasteiger partial charge on any atom is -0.492 e. The van der Waals surface area contributed by atoms with E-state index in [0.29, 0.717) is 11.7 Å². The van der Waals surface area contributed by atoms with Crippen molar-refractivity contribution in [1.29, 1.82) is 0 Å². The van der Waals surface area contributed by atoms with Crippen LogP contribution in [0.2, 0.25) is 0 Å². The van der Waals surface area contributed by atoms with Gasteiger partial charge in [-0.2, -0.15) is 0 Å². The number of anilines is 1. The number of ether oxygens (including phenoxy) is 2. The maximum Gasteiger partial charge on any atom is 0.197 e. The summed E-state index contributed by atoms with van der Waals surface area (Å²) in [5, 5.41) is 0.680. The highest BCUT2D eigenvalue weighted by Gasteiger charge is 2.17. The summed E-state index contributed by atoms with van der Waals surface area (Å²) >= 11 is 1.49. The fourth-order valence-corrected chi connectivity index (χ4v) is 2.84. The van der Waals surface area contributed by atoms with Gasteiger partial charge in [-0.1, -0.05) is 24.3 Å². The van der Waals surface area contributed by atoms with E-state index in [-0.39, 0.29) is 0 Å². The van der Waals surface area contributed by atoms with Crippen molar-refractivity contribution >= 4 is 16.5 Å². The second kappa shape index (κ2) is 6.58. The Bertz CT molecular complexity index is 584. The zero-order valence-corrected chi connectivity index (χ0v) is 12.7. The number of hydrogen-bond acceptors (Lipinski definition) is 6. The number of nitrogen functional groups attached to an aromatic ring is 1. The van der Waals surface area contributed by atoms with Gasteiger partial charge in [-0.25, -0.2) is 10.8 Å². The molecule has 6 heteroatoms. The van der Waals surface area contributed by atoms with E-state index < -0.39 is 0 Å². The molecule has 1 aromatic carbocycles. The van der Waals surface area contributed by atoms with Crippen LogP contribution < -0.4 is 20.7 Å². The summed E-state index contributed by atoms with van der Waals surface area (Å²) in [5.41, 5.74) is 4.46.